The van der Waals surface area contributed by atoms with Gasteiger partial charge in [-0.1, -0.05) is 29.8 Å². The average Bonchev–Trinajstić information content (AvgIpc) is 2.40. The van der Waals surface area contributed by atoms with E-state index in [0.717, 1.165) is 11.3 Å². The van der Waals surface area contributed by atoms with Crippen molar-refractivity contribution in [3.8, 4) is 5.75 Å². The molecule has 100 valence electrons. The van der Waals surface area contributed by atoms with Crippen LogP contribution in [-0.4, -0.2) is 6.61 Å². The first-order chi connectivity index (χ1) is 9.06. The molecule has 0 amide bonds. The number of halogens is 1. The summed E-state index contributed by atoms with van der Waals surface area (Å²) >= 11 is 5.85. The standard InChI is InChI=1S/C16H18ClNO/c1-11-3-8-15(9-12(11)2)19-10-16(18)13-4-6-14(17)7-5-13/h3-9,16H,10,18H2,1-2H3. The molecule has 2 aromatic rings. The molecule has 1 unspecified atom stereocenters. The maximum absolute atomic E-state index is 6.09. The quantitative estimate of drug-likeness (QED) is 0.914. The molecule has 2 N–H and O–H groups in total. The third-order valence-electron chi connectivity index (χ3n) is 3.21. The Balaban J connectivity index is 1.98. The molecule has 0 fully saturated rings. The summed E-state index contributed by atoms with van der Waals surface area (Å²) < 4.78 is 5.73. The Morgan fingerprint density at radius 3 is 2.37 bits per heavy atom. The number of benzene rings is 2. The van der Waals surface area contributed by atoms with Gasteiger partial charge in [-0.05, 0) is 54.8 Å². The van der Waals surface area contributed by atoms with Gasteiger partial charge in [0.2, 0.25) is 0 Å². The Labute approximate surface area is 119 Å². The first kappa shape index (κ1) is 13.9. The minimum atomic E-state index is -0.154. The van der Waals surface area contributed by atoms with Crippen molar-refractivity contribution in [3.05, 3.63) is 64.2 Å². The van der Waals surface area contributed by atoms with Crippen molar-refractivity contribution in [1.82, 2.24) is 0 Å². The smallest absolute Gasteiger partial charge is 0.119 e. The lowest BCUT2D eigenvalue weighted by Gasteiger charge is -2.14. The highest BCUT2D eigenvalue weighted by Gasteiger charge is 2.07. The third-order valence-corrected chi connectivity index (χ3v) is 3.46. The van der Waals surface area contributed by atoms with E-state index in [1.165, 1.54) is 11.1 Å². The summed E-state index contributed by atoms with van der Waals surface area (Å²) in [4.78, 5) is 0. The zero-order chi connectivity index (χ0) is 13.8. The number of aryl methyl sites for hydroxylation is 2. The van der Waals surface area contributed by atoms with Crippen molar-refractivity contribution in [1.29, 1.82) is 0 Å². The van der Waals surface area contributed by atoms with Crippen molar-refractivity contribution in [2.45, 2.75) is 19.9 Å². The summed E-state index contributed by atoms with van der Waals surface area (Å²) in [5.74, 6) is 0.854. The number of hydrogen-bond acceptors (Lipinski definition) is 2. The Morgan fingerprint density at radius 2 is 1.74 bits per heavy atom. The number of nitrogens with two attached hydrogens (primary N) is 1. The van der Waals surface area contributed by atoms with Crippen LogP contribution in [0.4, 0.5) is 0 Å². The molecule has 0 aliphatic carbocycles. The first-order valence-corrected chi connectivity index (χ1v) is 6.65. The van der Waals surface area contributed by atoms with E-state index in [1.807, 2.05) is 36.4 Å². The lowest BCUT2D eigenvalue weighted by molar-refractivity contribution is 0.290. The highest BCUT2D eigenvalue weighted by Crippen LogP contribution is 2.19. The van der Waals surface area contributed by atoms with Crippen LogP contribution >= 0.6 is 11.6 Å². The zero-order valence-electron chi connectivity index (χ0n) is 11.2. The first-order valence-electron chi connectivity index (χ1n) is 6.27. The number of rotatable bonds is 4. The van der Waals surface area contributed by atoms with Gasteiger partial charge in [-0.2, -0.15) is 0 Å². The number of hydrogen-bond donors (Lipinski definition) is 1. The van der Waals surface area contributed by atoms with Crippen LogP contribution in [0.2, 0.25) is 5.02 Å². The van der Waals surface area contributed by atoms with E-state index in [4.69, 9.17) is 22.1 Å². The van der Waals surface area contributed by atoms with Gasteiger partial charge in [0.1, 0.15) is 12.4 Å². The second kappa shape index (κ2) is 6.09. The van der Waals surface area contributed by atoms with Crippen molar-refractivity contribution in [3.63, 3.8) is 0 Å². The van der Waals surface area contributed by atoms with Crippen molar-refractivity contribution >= 4 is 11.6 Å². The Bertz CT molecular complexity index is 551. The minimum absolute atomic E-state index is 0.154. The summed E-state index contributed by atoms with van der Waals surface area (Å²) in [6, 6.07) is 13.4. The largest absolute Gasteiger partial charge is 0.492 e. The second-order valence-corrected chi connectivity index (χ2v) is 5.15. The zero-order valence-corrected chi connectivity index (χ0v) is 11.9. The van der Waals surface area contributed by atoms with E-state index in [-0.39, 0.29) is 6.04 Å². The van der Waals surface area contributed by atoms with E-state index >= 15 is 0 Å². The predicted octanol–water partition coefficient (Wildman–Crippen LogP) is 4.04. The summed E-state index contributed by atoms with van der Waals surface area (Å²) in [5, 5.41) is 0.714. The molecule has 2 aromatic carbocycles. The highest BCUT2D eigenvalue weighted by molar-refractivity contribution is 6.30. The van der Waals surface area contributed by atoms with E-state index in [2.05, 4.69) is 19.9 Å². The van der Waals surface area contributed by atoms with Crippen LogP contribution in [0, 0.1) is 13.8 Å². The molecule has 0 spiro atoms. The van der Waals surface area contributed by atoms with Gasteiger partial charge in [-0.25, -0.2) is 0 Å². The predicted molar refractivity (Wildman–Crippen MR) is 79.8 cm³/mol. The Morgan fingerprint density at radius 1 is 1.05 bits per heavy atom. The normalized spacial score (nSPS) is 12.2. The van der Waals surface area contributed by atoms with Crippen LogP contribution in [0.5, 0.6) is 5.75 Å². The molecule has 0 aliphatic rings. The third kappa shape index (κ3) is 3.72. The van der Waals surface area contributed by atoms with Crippen LogP contribution in [0.3, 0.4) is 0 Å². The van der Waals surface area contributed by atoms with Crippen LogP contribution in [0.15, 0.2) is 42.5 Å². The van der Waals surface area contributed by atoms with E-state index in [0.29, 0.717) is 11.6 Å². The van der Waals surface area contributed by atoms with Crippen molar-refractivity contribution < 1.29 is 4.74 Å². The van der Waals surface area contributed by atoms with Gasteiger partial charge < -0.3 is 10.5 Å². The monoisotopic (exact) mass is 275 g/mol. The second-order valence-electron chi connectivity index (χ2n) is 4.72. The SMILES string of the molecule is Cc1ccc(OCC(N)c2ccc(Cl)cc2)cc1C. The fraction of sp³-hybridized carbons (Fsp3) is 0.250. The fourth-order valence-corrected chi connectivity index (χ4v) is 1.92. The molecule has 0 saturated carbocycles. The molecule has 0 saturated heterocycles. The lowest BCUT2D eigenvalue weighted by Crippen LogP contribution is -2.18. The summed E-state index contributed by atoms with van der Waals surface area (Å²) in [6.07, 6.45) is 0. The van der Waals surface area contributed by atoms with E-state index in [9.17, 15) is 0 Å². The maximum atomic E-state index is 6.09. The molecular formula is C16H18ClNO. The van der Waals surface area contributed by atoms with Gasteiger partial charge in [-0.15, -0.1) is 0 Å². The van der Waals surface area contributed by atoms with Gasteiger partial charge in [0.25, 0.3) is 0 Å². The van der Waals surface area contributed by atoms with Gasteiger partial charge in [0, 0.05) is 5.02 Å². The topological polar surface area (TPSA) is 35.2 Å². The molecule has 0 aromatic heterocycles. The average molecular weight is 276 g/mol. The van der Waals surface area contributed by atoms with Gasteiger partial charge >= 0.3 is 0 Å². The molecule has 0 heterocycles. The van der Waals surface area contributed by atoms with Crippen molar-refractivity contribution in [2.24, 2.45) is 5.73 Å². The molecular weight excluding hydrogens is 258 g/mol. The van der Waals surface area contributed by atoms with Gasteiger partial charge in [0.05, 0.1) is 6.04 Å². The van der Waals surface area contributed by atoms with Crippen LogP contribution in [0.25, 0.3) is 0 Å². The van der Waals surface area contributed by atoms with Crippen LogP contribution in [-0.2, 0) is 0 Å². The van der Waals surface area contributed by atoms with Gasteiger partial charge in [-0.3, -0.25) is 0 Å². The lowest BCUT2D eigenvalue weighted by atomic mass is 10.1. The van der Waals surface area contributed by atoms with Crippen LogP contribution in [0.1, 0.15) is 22.7 Å². The maximum Gasteiger partial charge on any atom is 0.119 e. The number of ether oxygens (including phenoxy) is 1. The van der Waals surface area contributed by atoms with Crippen LogP contribution < -0.4 is 10.5 Å². The van der Waals surface area contributed by atoms with Gasteiger partial charge in [0.15, 0.2) is 0 Å². The molecule has 1 atom stereocenters. The molecule has 0 aliphatic heterocycles. The fourth-order valence-electron chi connectivity index (χ4n) is 1.80. The molecule has 19 heavy (non-hydrogen) atoms. The molecule has 0 radical (unpaired) electrons. The summed E-state index contributed by atoms with van der Waals surface area (Å²) in [7, 11) is 0. The minimum Gasteiger partial charge on any atom is -0.492 e. The molecule has 3 heteroatoms. The highest BCUT2D eigenvalue weighted by atomic mass is 35.5. The van der Waals surface area contributed by atoms with Crippen molar-refractivity contribution in [2.75, 3.05) is 6.61 Å². The molecule has 0 bridgehead atoms. The molecule has 2 rings (SSSR count). The Hall–Kier alpha value is -1.51. The van der Waals surface area contributed by atoms with E-state index in [1.54, 1.807) is 0 Å². The molecule has 2 nitrogen and oxygen atoms in total. The summed E-state index contributed by atoms with van der Waals surface area (Å²) in [5.41, 5.74) is 9.59. The Kier molecular flexibility index (Phi) is 4.46. The van der Waals surface area contributed by atoms with E-state index < -0.39 is 0 Å². The summed E-state index contributed by atoms with van der Waals surface area (Å²) in [6.45, 7) is 4.60.